The van der Waals surface area contributed by atoms with Crippen molar-refractivity contribution in [2.45, 2.75) is 18.3 Å². The van der Waals surface area contributed by atoms with Gasteiger partial charge in [-0.1, -0.05) is 48.5 Å². The van der Waals surface area contributed by atoms with Gasteiger partial charge in [0.25, 0.3) is 5.91 Å². The topological polar surface area (TPSA) is 38.3 Å². The molecule has 0 heterocycles. The molecule has 2 aromatic carbocycles. The van der Waals surface area contributed by atoms with E-state index >= 15 is 0 Å². The van der Waals surface area contributed by atoms with Crippen LogP contribution >= 0.6 is 0 Å². The maximum Gasteiger partial charge on any atom is 0.257 e. The molecule has 3 nitrogen and oxygen atoms in total. The van der Waals surface area contributed by atoms with Crippen LogP contribution in [-0.2, 0) is 10.2 Å². The Labute approximate surface area is 124 Å². The zero-order chi connectivity index (χ0) is 14.5. The molecule has 2 aromatic rings. The number of benzene rings is 2. The van der Waals surface area contributed by atoms with Gasteiger partial charge in [-0.3, -0.25) is 4.79 Å². The first-order valence-electron chi connectivity index (χ1n) is 7.29. The molecule has 1 saturated carbocycles. The molecule has 1 N–H and O–H groups in total. The summed E-state index contributed by atoms with van der Waals surface area (Å²) in [6.45, 7) is 0.753. The molecule has 21 heavy (non-hydrogen) atoms. The highest BCUT2D eigenvalue weighted by molar-refractivity contribution is 5.77. The maximum absolute atomic E-state index is 11.9. The third kappa shape index (κ3) is 3.43. The van der Waals surface area contributed by atoms with Crippen LogP contribution < -0.4 is 10.1 Å². The van der Waals surface area contributed by atoms with Gasteiger partial charge in [0, 0.05) is 12.0 Å². The molecular formula is C18H19NO2. The SMILES string of the molecule is O=C(COc1ccccc1)NCC1(c2ccccc2)CC1. The standard InChI is InChI=1S/C18H19NO2/c20-17(13-21-16-9-5-2-6-10-16)19-14-18(11-12-18)15-7-3-1-4-8-15/h1-10H,11-14H2,(H,19,20). The summed E-state index contributed by atoms with van der Waals surface area (Å²) in [4.78, 5) is 11.9. The Balaban J connectivity index is 1.48. The predicted molar refractivity (Wildman–Crippen MR) is 82.3 cm³/mol. The highest BCUT2D eigenvalue weighted by atomic mass is 16.5. The minimum atomic E-state index is -0.0685. The van der Waals surface area contributed by atoms with Crippen LogP contribution in [0.5, 0.6) is 5.75 Å². The van der Waals surface area contributed by atoms with E-state index in [2.05, 4.69) is 29.6 Å². The third-order valence-electron chi connectivity index (χ3n) is 3.98. The summed E-state index contributed by atoms with van der Waals surface area (Å²) in [5, 5.41) is 2.99. The van der Waals surface area contributed by atoms with Crippen LogP contribution in [0.3, 0.4) is 0 Å². The Morgan fingerprint density at radius 2 is 1.62 bits per heavy atom. The lowest BCUT2D eigenvalue weighted by molar-refractivity contribution is -0.123. The fraction of sp³-hybridized carbons (Fsp3) is 0.278. The smallest absolute Gasteiger partial charge is 0.257 e. The molecule has 1 amide bonds. The first kappa shape index (κ1) is 13.7. The molecule has 0 radical (unpaired) electrons. The van der Waals surface area contributed by atoms with Gasteiger partial charge < -0.3 is 10.1 Å². The number of amides is 1. The molecule has 3 rings (SSSR count). The molecule has 1 fully saturated rings. The second-order valence-corrected chi connectivity index (χ2v) is 5.52. The van der Waals surface area contributed by atoms with E-state index in [9.17, 15) is 4.79 Å². The molecule has 3 heteroatoms. The quantitative estimate of drug-likeness (QED) is 0.884. The molecule has 0 atom stereocenters. The zero-order valence-corrected chi connectivity index (χ0v) is 11.9. The minimum absolute atomic E-state index is 0.0644. The second kappa shape index (κ2) is 6.00. The van der Waals surface area contributed by atoms with Crippen molar-refractivity contribution in [2.75, 3.05) is 13.2 Å². The van der Waals surface area contributed by atoms with Crippen molar-refractivity contribution >= 4 is 5.91 Å². The molecule has 0 aliphatic heterocycles. The van der Waals surface area contributed by atoms with Gasteiger partial charge in [-0.2, -0.15) is 0 Å². The third-order valence-corrected chi connectivity index (χ3v) is 3.98. The second-order valence-electron chi connectivity index (χ2n) is 5.52. The Morgan fingerprint density at radius 3 is 2.24 bits per heavy atom. The number of para-hydroxylation sites is 1. The van der Waals surface area contributed by atoms with Crippen molar-refractivity contribution in [3.63, 3.8) is 0 Å². The van der Waals surface area contributed by atoms with E-state index in [0.29, 0.717) is 6.54 Å². The molecule has 1 aliphatic carbocycles. The molecule has 0 aromatic heterocycles. The number of carbonyl (C=O) groups is 1. The Hall–Kier alpha value is -2.29. The average molecular weight is 281 g/mol. The van der Waals surface area contributed by atoms with Gasteiger partial charge >= 0.3 is 0 Å². The molecule has 0 saturated heterocycles. The van der Waals surface area contributed by atoms with E-state index in [-0.39, 0.29) is 17.9 Å². The van der Waals surface area contributed by atoms with Crippen LogP contribution in [0.1, 0.15) is 18.4 Å². The van der Waals surface area contributed by atoms with Crippen LogP contribution in [0, 0.1) is 0 Å². The summed E-state index contributed by atoms with van der Waals surface area (Å²) in [5.74, 6) is 0.651. The first-order chi connectivity index (χ1) is 10.3. The number of carbonyl (C=O) groups excluding carboxylic acids is 1. The average Bonchev–Trinajstić information content (AvgIpc) is 3.34. The lowest BCUT2D eigenvalue weighted by Gasteiger charge is -2.16. The Bertz CT molecular complexity index is 591. The van der Waals surface area contributed by atoms with Crippen molar-refractivity contribution in [1.82, 2.24) is 5.32 Å². The van der Waals surface area contributed by atoms with Gasteiger partial charge in [0.2, 0.25) is 0 Å². The van der Waals surface area contributed by atoms with E-state index in [1.807, 2.05) is 36.4 Å². The highest BCUT2D eigenvalue weighted by Crippen LogP contribution is 2.47. The summed E-state index contributed by atoms with van der Waals surface area (Å²) in [6, 6.07) is 19.8. The Morgan fingerprint density at radius 1 is 1.00 bits per heavy atom. The summed E-state index contributed by atoms with van der Waals surface area (Å²) < 4.78 is 5.45. The fourth-order valence-corrected chi connectivity index (χ4v) is 2.49. The Kier molecular flexibility index (Phi) is 3.91. The normalized spacial score (nSPS) is 15.2. The van der Waals surface area contributed by atoms with Crippen molar-refractivity contribution < 1.29 is 9.53 Å². The van der Waals surface area contributed by atoms with Gasteiger partial charge in [0.1, 0.15) is 5.75 Å². The van der Waals surface area contributed by atoms with Gasteiger partial charge in [-0.15, -0.1) is 0 Å². The van der Waals surface area contributed by atoms with Crippen LogP contribution in [0.4, 0.5) is 0 Å². The summed E-state index contributed by atoms with van der Waals surface area (Å²) >= 11 is 0. The monoisotopic (exact) mass is 281 g/mol. The number of ether oxygens (including phenoxy) is 1. The number of rotatable bonds is 6. The number of hydrogen-bond donors (Lipinski definition) is 1. The maximum atomic E-state index is 11.9. The highest BCUT2D eigenvalue weighted by Gasteiger charge is 2.44. The summed E-state index contributed by atoms with van der Waals surface area (Å²) in [5.41, 5.74) is 1.46. The lowest BCUT2D eigenvalue weighted by atomic mass is 9.96. The van der Waals surface area contributed by atoms with Gasteiger partial charge in [-0.25, -0.2) is 0 Å². The van der Waals surface area contributed by atoms with Crippen LogP contribution in [0.15, 0.2) is 60.7 Å². The van der Waals surface area contributed by atoms with E-state index in [1.165, 1.54) is 5.56 Å². The summed E-state index contributed by atoms with van der Waals surface area (Å²) in [6.07, 6.45) is 2.27. The van der Waals surface area contributed by atoms with Crippen molar-refractivity contribution in [1.29, 1.82) is 0 Å². The summed E-state index contributed by atoms with van der Waals surface area (Å²) in [7, 11) is 0. The van der Waals surface area contributed by atoms with Crippen LogP contribution in [-0.4, -0.2) is 19.1 Å². The largest absolute Gasteiger partial charge is 0.484 e. The fourth-order valence-electron chi connectivity index (χ4n) is 2.49. The number of hydrogen-bond acceptors (Lipinski definition) is 2. The molecule has 0 bridgehead atoms. The lowest BCUT2D eigenvalue weighted by Crippen LogP contribution is -2.35. The van der Waals surface area contributed by atoms with Crippen LogP contribution in [0.25, 0.3) is 0 Å². The van der Waals surface area contributed by atoms with Crippen molar-refractivity contribution in [3.8, 4) is 5.75 Å². The van der Waals surface area contributed by atoms with Crippen molar-refractivity contribution in [2.24, 2.45) is 0 Å². The molecule has 108 valence electrons. The minimum Gasteiger partial charge on any atom is -0.484 e. The van der Waals surface area contributed by atoms with Gasteiger partial charge in [0.05, 0.1) is 0 Å². The zero-order valence-electron chi connectivity index (χ0n) is 11.9. The molecule has 0 spiro atoms. The van der Waals surface area contributed by atoms with E-state index in [4.69, 9.17) is 4.74 Å². The van der Waals surface area contributed by atoms with E-state index in [0.717, 1.165) is 18.6 Å². The van der Waals surface area contributed by atoms with Crippen molar-refractivity contribution in [3.05, 3.63) is 66.2 Å². The van der Waals surface area contributed by atoms with Gasteiger partial charge in [-0.05, 0) is 30.5 Å². The van der Waals surface area contributed by atoms with Gasteiger partial charge in [0.15, 0.2) is 6.61 Å². The molecule has 1 aliphatic rings. The predicted octanol–water partition coefficient (Wildman–Crippen LogP) is 2.91. The van der Waals surface area contributed by atoms with E-state index < -0.39 is 0 Å². The van der Waals surface area contributed by atoms with Crippen LogP contribution in [0.2, 0.25) is 0 Å². The number of nitrogens with one attached hydrogen (secondary N) is 1. The molecular weight excluding hydrogens is 262 g/mol. The first-order valence-corrected chi connectivity index (χ1v) is 7.29. The molecule has 0 unspecified atom stereocenters. The van der Waals surface area contributed by atoms with E-state index in [1.54, 1.807) is 0 Å².